The van der Waals surface area contributed by atoms with Crippen LogP contribution < -0.4 is 15.8 Å². The highest BCUT2D eigenvalue weighted by Gasteiger charge is 2.25. The van der Waals surface area contributed by atoms with E-state index in [0.717, 1.165) is 25.7 Å². The van der Waals surface area contributed by atoms with E-state index < -0.39 is 10.0 Å². The number of rotatable bonds is 7. The molecule has 1 amide bonds. The number of halogens is 1. The number of amides is 1. The van der Waals surface area contributed by atoms with Crippen molar-refractivity contribution in [3.8, 4) is 0 Å². The van der Waals surface area contributed by atoms with Gasteiger partial charge in [0.05, 0.1) is 5.75 Å². The van der Waals surface area contributed by atoms with Gasteiger partial charge in [-0.15, -0.1) is 12.4 Å². The van der Waals surface area contributed by atoms with E-state index in [1.807, 2.05) is 0 Å². The molecule has 1 aliphatic rings. The Morgan fingerprint density at radius 3 is 2.68 bits per heavy atom. The van der Waals surface area contributed by atoms with Crippen LogP contribution in [0.1, 0.15) is 49.4 Å². The van der Waals surface area contributed by atoms with E-state index in [9.17, 15) is 13.2 Å². The van der Waals surface area contributed by atoms with E-state index in [2.05, 4.69) is 10.0 Å². The van der Waals surface area contributed by atoms with E-state index in [1.54, 1.807) is 31.2 Å². The quantitative estimate of drug-likeness (QED) is 0.666. The Bertz CT molecular complexity index is 667. The third-order valence-corrected chi connectivity index (χ3v) is 5.89. The number of carbonyl (C=O) groups is 1. The summed E-state index contributed by atoms with van der Waals surface area (Å²) in [4.78, 5) is 12.5. The Kier molecular flexibility index (Phi) is 8.68. The van der Waals surface area contributed by atoms with Crippen molar-refractivity contribution in [3.63, 3.8) is 0 Å². The van der Waals surface area contributed by atoms with E-state index >= 15 is 0 Å². The van der Waals surface area contributed by atoms with Crippen molar-refractivity contribution in [2.75, 3.05) is 17.0 Å². The number of benzene rings is 1. The maximum atomic E-state index is 12.5. The van der Waals surface area contributed by atoms with Crippen LogP contribution in [0.4, 0.5) is 5.69 Å². The molecule has 1 saturated carbocycles. The van der Waals surface area contributed by atoms with Gasteiger partial charge in [0.15, 0.2) is 0 Å². The molecule has 0 spiro atoms. The standard InChI is InChI=1S/C17H27N3O3S.ClH/c1-2-10-24(22,23)20-15-8-5-7-13(11-15)17(21)19-16-9-4-3-6-14(16)12-18;/h5,7-8,11,14,16,20H,2-4,6,9-10,12,18H2,1H3,(H,19,21);1H. The summed E-state index contributed by atoms with van der Waals surface area (Å²) in [6, 6.07) is 6.68. The summed E-state index contributed by atoms with van der Waals surface area (Å²) >= 11 is 0. The van der Waals surface area contributed by atoms with Crippen LogP contribution in [0.3, 0.4) is 0 Å². The van der Waals surface area contributed by atoms with Crippen molar-refractivity contribution in [3.05, 3.63) is 29.8 Å². The lowest BCUT2D eigenvalue weighted by molar-refractivity contribution is 0.0908. The van der Waals surface area contributed by atoms with Crippen molar-refractivity contribution >= 4 is 34.0 Å². The molecule has 1 aliphatic carbocycles. The minimum atomic E-state index is -3.37. The first-order valence-electron chi connectivity index (χ1n) is 8.56. The molecule has 0 heterocycles. The summed E-state index contributed by atoms with van der Waals surface area (Å²) < 4.78 is 26.2. The number of nitrogens with one attached hydrogen (secondary N) is 2. The van der Waals surface area contributed by atoms with Crippen molar-refractivity contribution in [1.82, 2.24) is 5.32 Å². The predicted molar refractivity (Wildman–Crippen MR) is 104 cm³/mol. The fraction of sp³-hybridized carbons (Fsp3) is 0.588. The van der Waals surface area contributed by atoms with Gasteiger partial charge < -0.3 is 11.1 Å². The van der Waals surface area contributed by atoms with E-state index in [4.69, 9.17) is 5.73 Å². The SMILES string of the molecule is CCCS(=O)(=O)Nc1cccc(C(=O)NC2CCCCC2CN)c1.Cl. The molecule has 2 unspecified atom stereocenters. The zero-order valence-electron chi connectivity index (χ0n) is 14.5. The molecule has 0 bridgehead atoms. The predicted octanol–water partition coefficient (Wildman–Crippen LogP) is 2.51. The molecule has 0 aliphatic heterocycles. The lowest BCUT2D eigenvalue weighted by Gasteiger charge is -2.31. The number of anilines is 1. The lowest BCUT2D eigenvalue weighted by Crippen LogP contribution is -2.44. The molecule has 2 atom stereocenters. The largest absolute Gasteiger partial charge is 0.349 e. The topological polar surface area (TPSA) is 101 Å². The third kappa shape index (κ3) is 6.49. The summed E-state index contributed by atoms with van der Waals surface area (Å²) in [6.07, 6.45) is 4.77. The van der Waals surface area contributed by atoms with Crippen LogP contribution >= 0.6 is 12.4 Å². The van der Waals surface area contributed by atoms with Crippen molar-refractivity contribution in [2.45, 2.75) is 45.1 Å². The van der Waals surface area contributed by atoms with Gasteiger partial charge in [-0.1, -0.05) is 25.8 Å². The Morgan fingerprint density at radius 2 is 2.00 bits per heavy atom. The molecule has 142 valence electrons. The Balaban J connectivity index is 0.00000312. The van der Waals surface area contributed by atoms with E-state index in [0.29, 0.717) is 30.1 Å². The van der Waals surface area contributed by atoms with Gasteiger partial charge in [0.25, 0.3) is 5.91 Å². The Hall–Kier alpha value is -1.31. The molecule has 6 nitrogen and oxygen atoms in total. The molecule has 1 fully saturated rings. The minimum absolute atomic E-state index is 0. The van der Waals surface area contributed by atoms with Gasteiger partial charge >= 0.3 is 0 Å². The van der Waals surface area contributed by atoms with Crippen molar-refractivity contribution in [2.24, 2.45) is 11.7 Å². The van der Waals surface area contributed by atoms with Gasteiger partial charge in [0.1, 0.15) is 0 Å². The number of hydrogen-bond donors (Lipinski definition) is 3. The van der Waals surface area contributed by atoms with Gasteiger partial charge in [-0.3, -0.25) is 9.52 Å². The molecule has 0 saturated heterocycles. The van der Waals surface area contributed by atoms with Crippen LogP contribution in [0.25, 0.3) is 0 Å². The monoisotopic (exact) mass is 389 g/mol. The normalized spacial score (nSPS) is 20.4. The summed E-state index contributed by atoms with van der Waals surface area (Å²) in [7, 11) is -3.37. The zero-order chi connectivity index (χ0) is 17.6. The molecule has 0 aromatic heterocycles. The second-order valence-electron chi connectivity index (χ2n) is 6.36. The average Bonchev–Trinajstić information content (AvgIpc) is 2.55. The molecule has 1 aromatic carbocycles. The maximum absolute atomic E-state index is 12.5. The van der Waals surface area contributed by atoms with E-state index in [-0.39, 0.29) is 30.1 Å². The van der Waals surface area contributed by atoms with Crippen molar-refractivity contribution in [1.29, 1.82) is 0 Å². The number of sulfonamides is 1. The van der Waals surface area contributed by atoms with Crippen LogP contribution in [0.15, 0.2) is 24.3 Å². The van der Waals surface area contributed by atoms with Gasteiger partial charge in [-0.25, -0.2) is 8.42 Å². The van der Waals surface area contributed by atoms with Gasteiger partial charge in [0.2, 0.25) is 10.0 Å². The third-order valence-electron chi connectivity index (χ3n) is 4.40. The number of hydrogen-bond acceptors (Lipinski definition) is 4. The van der Waals surface area contributed by atoms with Crippen LogP contribution in [-0.4, -0.2) is 32.7 Å². The molecule has 25 heavy (non-hydrogen) atoms. The molecule has 8 heteroatoms. The maximum Gasteiger partial charge on any atom is 0.251 e. The highest BCUT2D eigenvalue weighted by Crippen LogP contribution is 2.24. The van der Waals surface area contributed by atoms with Gasteiger partial charge in [0, 0.05) is 17.3 Å². The van der Waals surface area contributed by atoms with Crippen LogP contribution in [0, 0.1) is 5.92 Å². The molecule has 0 radical (unpaired) electrons. The van der Waals surface area contributed by atoms with Gasteiger partial charge in [-0.05, 0) is 49.9 Å². The Morgan fingerprint density at radius 1 is 1.28 bits per heavy atom. The number of nitrogens with two attached hydrogens (primary N) is 1. The van der Waals surface area contributed by atoms with Crippen LogP contribution in [-0.2, 0) is 10.0 Å². The Labute approximate surface area is 156 Å². The minimum Gasteiger partial charge on any atom is -0.349 e. The zero-order valence-corrected chi connectivity index (χ0v) is 16.2. The second-order valence-corrected chi connectivity index (χ2v) is 8.20. The smallest absolute Gasteiger partial charge is 0.251 e. The molecule has 4 N–H and O–H groups in total. The van der Waals surface area contributed by atoms with Crippen LogP contribution in [0.5, 0.6) is 0 Å². The first-order valence-corrected chi connectivity index (χ1v) is 10.2. The highest BCUT2D eigenvalue weighted by atomic mass is 35.5. The summed E-state index contributed by atoms with van der Waals surface area (Å²) in [6.45, 7) is 2.38. The fourth-order valence-electron chi connectivity index (χ4n) is 3.15. The van der Waals surface area contributed by atoms with Gasteiger partial charge in [-0.2, -0.15) is 0 Å². The molecular formula is C17H28ClN3O3S. The van der Waals surface area contributed by atoms with Crippen LogP contribution in [0.2, 0.25) is 0 Å². The number of carbonyl (C=O) groups excluding carboxylic acids is 1. The van der Waals surface area contributed by atoms with E-state index in [1.165, 1.54) is 0 Å². The molecule has 2 rings (SSSR count). The summed E-state index contributed by atoms with van der Waals surface area (Å²) in [5.41, 5.74) is 6.67. The first kappa shape index (κ1) is 21.7. The summed E-state index contributed by atoms with van der Waals surface area (Å²) in [5, 5.41) is 3.06. The first-order chi connectivity index (χ1) is 11.4. The average molecular weight is 390 g/mol. The van der Waals surface area contributed by atoms with Crippen molar-refractivity contribution < 1.29 is 13.2 Å². The summed E-state index contributed by atoms with van der Waals surface area (Å²) in [5.74, 6) is 0.190. The lowest BCUT2D eigenvalue weighted by atomic mass is 9.84. The highest BCUT2D eigenvalue weighted by molar-refractivity contribution is 7.92. The second kappa shape index (κ2) is 9.99. The molecule has 1 aromatic rings. The fourth-order valence-corrected chi connectivity index (χ4v) is 4.28. The molecular weight excluding hydrogens is 362 g/mol.